The van der Waals surface area contributed by atoms with Gasteiger partial charge in [-0.1, -0.05) is 60.2 Å². The SMILES string of the molecule is Cc1ccc(S(=O)(=O)N2CCCN(C(=O)CNC(=O)Cc3cccc4ccccc34)CC2)cc1. The number of amides is 2. The molecule has 178 valence electrons. The number of carbonyl (C=O) groups is 2. The predicted octanol–water partition coefficient (Wildman–Crippen LogP) is 2.73. The molecule has 1 aliphatic rings. The van der Waals surface area contributed by atoms with Crippen LogP contribution >= 0.6 is 0 Å². The van der Waals surface area contributed by atoms with E-state index in [0.717, 1.165) is 21.9 Å². The lowest BCUT2D eigenvalue weighted by atomic mass is 10.0. The molecule has 0 bridgehead atoms. The van der Waals surface area contributed by atoms with E-state index in [1.54, 1.807) is 29.2 Å². The summed E-state index contributed by atoms with van der Waals surface area (Å²) in [5.41, 5.74) is 1.91. The molecule has 3 aromatic carbocycles. The third kappa shape index (κ3) is 5.46. The van der Waals surface area contributed by atoms with E-state index in [2.05, 4.69) is 5.32 Å². The molecule has 3 aromatic rings. The predicted molar refractivity (Wildman–Crippen MR) is 132 cm³/mol. The Morgan fingerprint density at radius 1 is 0.882 bits per heavy atom. The van der Waals surface area contributed by atoms with Crippen molar-refractivity contribution in [2.45, 2.75) is 24.7 Å². The summed E-state index contributed by atoms with van der Waals surface area (Å²) < 4.78 is 27.4. The van der Waals surface area contributed by atoms with Crippen LogP contribution in [-0.4, -0.2) is 62.2 Å². The summed E-state index contributed by atoms with van der Waals surface area (Å²) >= 11 is 0. The van der Waals surface area contributed by atoms with Crippen LogP contribution in [0.5, 0.6) is 0 Å². The van der Waals surface area contributed by atoms with Crippen molar-refractivity contribution in [3.63, 3.8) is 0 Å². The van der Waals surface area contributed by atoms with Crippen molar-refractivity contribution >= 4 is 32.6 Å². The molecule has 0 aromatic heterocycles. The first-order chi connectivity index (χ1) is 16.3. The molecule has 0 spiro atoms. The van der Waals surface area contributed by atoms with E-state index < -0.39 is 10.0 Å². The van der Waals surface area contributed by atoms with Crippen LogP contribution in [0, 0.1) is 6.92 Å². The molecule has 1 fully saturated rings. The molecule has 7 nitrogen and oxygen atoms in total. The van der Waals surface area contributed by atoms with Crippen molar-refractivity contribution in [3.8, 4) is 0 Å². The van der Waals surface area contributed by atoms with Gasteiger partial charge in [-0.2, -0.15) is 4.31 Å². The second kappa shape index (κ2) is 10.4. The van der Waals surface area contributed by atoms with Crippen molar-refractivity contribution in [2.75, 3.05) is 32.7 Å². The molecule has 8 heteroatoms. The number of fused-ring (bicyclic) bond motifs is 1. The minimum Gasteiger partial charge on any atom is -0.347 e. The summed E-state index contributed by atoms with van der Waals surface area (Å²) in [5, 5.41) is 4.81. The van der Waals surface area contributed by atoms with E-state index in [4.69, 9.17) is 0 Å². The first-order valence-corrected chi connectivity index (χ1v) is 12.9. The Hall–Kier alpha value is -3.23. The molecule has 4 rings (SSSR count). The van der Waals surface area contributed by atoms with Crippen LogP contribution in [-0.2, 0) is 26.0 Å². The smallest absolute Gasteiger partial charge is 0.243 e. The summed E-state index contributed by atoms with van der Waals surface area (Å²) in [6.07, 6.45) is 0.734. The zero-order valence-corrected chi connectivity index (χ0v) is 20.1. The highest BCUT2D eigenvalue weighted by atomic mass is 32.2. The molecule has 0 atom stereocenters. The van der Waals surface area contributed by atoms with Gasteiger partial charge in [-0.05, 0) is 41.8 Å². The minimum absolute atomic E-state index is 0.103. The van der Waals surface area contributed by atoms with E-state index in [0.29, 0.717) is 26.1 Å². The Balaban J connectivity index is 1.31. The monoisotopic (exact) mass is 479 g/mol. The molecule has 1 heterocycles. The van der Waals surface area contributed by atoms with Crippen LogP contribution in [0.1, 0.15) is 17.5 Å². The van der Waals surface area contributed by atoms with Gasteiger partial charge in [0.1, 0.15) is 0 Å². The lowest BCUT2D eigenvalue weighted by Gasteiger charge is -2.22. The van der Waals surface area contributed by atoms with E-state index in [1.807, 2.05) is 49.4 Å². The Morgan fingerprint density at radius 3 is 2.41 bits per heavy atom. The highest BCUT2D eigenvalue weighted by Gasteiger charge is 2.28. The van der Waals surface area contributed by atoms with Gasteiger partial charge < -0.3 is 10.2 Å². The molecular formula is C26H29N3O4S. The first kappa shape index (κ1) is 23.9. The average Bonchev–Trinajstić information content (AvgIpc) is 3.10. The average molecular weight is 480 g/mol. The van der Waals surface area contributed by atoms with Crippen LogP contribution in [0.15, 0.2) is 71.6 Å². The molecule has 1 N–H and O–H groups in total. The highest BCUT2D eigenvalue weighted by molar-refractivity contribution is 7.89. The fraction of sp³-hybridized carbons (Fsp3) is 0.308. The van der Waals surface area contributed by atoms with E-state index >= 15 is 0 Å². The van der Waals surface area contributed by atoms with Crippen LogP contribution in [0.3, 0.4) is 0 Å². The van der Waals surface area contributed by atoms with Crippen molar-refractivity contribution < 1.29 is 18.0 Å². The third-order valence-corrected chi connectivity index (χ3v) is 8.05. The second-order valence-electron chi connectivity index (χ2n) is 8.54. The molecule has 0 unspecified atom stereocenters. The van der Waals surface area contributed by atoms with Gasteiger partial charge in [0.25, 0.3) is 0 Å². The number of rotatable bonds is 6. The fourth-order valence-electron chi connectivity index (χ4n) is 4.21. The van der Waals surface area contributed by atoms with Gasteiger partial charge in [-0.25, -0.2) is 8.42 Å². The number of sulfonamides is 1. The number of carbonyl (C=O) groups excluding carboxylic acids is 2. The summed E-state index contributed by atoms with van der Waals surface area (Å²) in [7, 11) is -3.60. The Labute approximate surface area is 200 Å². The fourth-order valence-corrected chi connectivity index (χ4v) is 5.68. The lowest BCUT2D eigenvalue weighted by molar-refractivity contribution is -0.132. The summed E-state index contributed by atoms with van der Waals surface area (Å²) in [5.74, 6) is -0.427. The van der Waals surface area contributed by atoms with Crippen molar-refractivity contribution in [1.82, 2.24) is 14.5 Å². The third-order valence-electron chi connectivity index (χ3n) is 6.13. The van der Waals surface area contributed by atoms with Crippen LogP contribution in [0.2, 0.25) is 0 Å². The maximum atomic E-state index is 13.0. The van der Waals surface area contributed by atoms with Crippen LogP contribution in [0.25, 0.3) is 10.8 Å². The van der Waals surface area contributed by atoms with Gasteiger partial charge in [-0.15, -0.1) is 0 Å². The maximum absolute atomic E-state index is 13.0. The maximum Gasteiger partial charge on any atom is 0.243 e. The second-order valence-corrected chi connectivity index (χ2v) is 10.5. The summed E-state index contributed by atoms with van der Waals surface area (Å²) in [6, 6.07) is 20.5. The quantitative estimate of drug-likeness (QED) is 0.589. The molecule has 0 aliphatic carbocycles. The zero-order valence-electron chi connectivity index (χ0n) is 19.2. The lowest BCUT2D eigenvalue weighted by Crippen LogP contribution is -2.42. The van der Waals surface area contributed by atoms with Crippen molar-refractivity contribution in [2.24, 2.45) is 0 Å². The zero-order chi connectivity index (χ0) is 24.1. The first-order valence-electron chi connectivity index (χ1n) is 11.4. The normalized spacial score (nSPS) is 15.1. The molecule has 1 aliphatic heterocycles. The van der Waals surface area contributed by atoms with Gasteiger partial charge >= 0.3 is 0 Å². The number of benzene rings is 3. The molecule has 0 saturated carbocycles. The summed E-state index contributed by atoms with van der Waals surface area (Å²) in [4.78, 5) is 27.1. The number of hydrogen-bond acceptors (Lipinski definition) is 4. The van der Waals surface area contributed by atoms with Crippen LogP contribution in [0.4, 0.5) is 0 Å². The number of aryl methyl sites for hydroxylation is 1. The Bertz CT molecular complexity index is 1280. The van der Waals surface area contributed by atoms with Crippen molar-refractivity contribution in [3.05, 3.63) is 77.9 Å². The topological polar surface area (TPSA) is 86.8 Å². The Kier molecular flexibility index (Phi) is 7.29. The van der Waals surface area contributed by atoms with Gasteiger partial charge in [0, 0.05) is 26.2 Å². The molecule has 0 radical (unpaired) electrons. The molecule has 2 amide bonds. The standard InChI is InChI=1S/C26H29N3O4S/c1-20-10-12-23(13-11-20)34(32,33)29-15-5-14-28(16-17-29)26(31)19-27-25(30)18-22-8-4-7-21-6-2-3-9-24(21)22/h2-4,6-13H,5,14-19H2,1H3,(H,27,30). The number of nitrogens with one attached hydrogen (secondary N) is 1. The van der Waals surface area contributed by atoms with E-state index in [1.165, 1.54) is 4.31 Å². The largest absolute Gasteiger partial charge is 0.347 e. The van der Waals surface area contributed by atoms with Gasteiger partial charge in [0.15, 0.2) is 0 Å². The summed E-state index contributed by atoms with van der Waals surface area (Å²) in [6.45, 7) is 3.14. The highest BCUT2D eigenvalue weighted by Crippen LogP contribution is 2.20. The minimum atomic E-state index is -3.60. The van der Waals surface area contributed by atoms with Crippen LogP contribution < -0.4 is 5.32 Å². The van der Waals surface area contributed by atoms with E-state index in [-0.39, 0.29) is 36.2 Å². The van der Waals surface area contributed by atoms with Gasteiger partial charge in [-0.3, -0.25) is 9.59 Å². The molecule has 1 saturated heterocycles. The van der Waals surface area contributed by atoms with E-state index in [9.17, 15) is 18.0 Å². The van der Waals surface area contributed by atoms with Crippen molar-refractivity contribution in [1.29, 1.82) is 0 Å². The number of hydrogen-bond donors (Lipinski definition) is 1. The Morgan fingerprint density at radius 2 is 1.62 bits per heavy atom. The molecular weight excluding hydrogens is 450 g/mol. The number of nitrogens with zero attached hydrogens (tertiary/aromatic N) is 2. The van der Waals surface area contributed by atoms with Gasteiger partial charge in [0.2, 0.25) is 21.8 Å². The van der Waals surface area contributed by atoms with Gasteiger partial charge in [0.05, 0.1) is 17.9 Å². The molecule has 34 heavy (non-hydrogen) atoms.